The summed E-state index contributed by atoms with van der Waals surface area (Å²) in [6.07, 6.45) is 0. The first-order valence-corrected chi connectivity index (χ1v) is 2.00. The second-order valence-corrected chi connectivity index (χ2v) is 1.17. The van der Waals surface area contributed by atoms with Gasteiger partial charge in [0, 0.05) is 0 Å². The van der Waals surface area contributed by atoms with Crippen LogP contribution in [0, 0.1) is 0 Å². The van der Waals surface area contributed by atoms with Gasteiger partial charge in [-0.05, 0) is 7.05 Å². The minimum Gasteiger partial charge on any atom is -0.531 e. The number of nitrogens with two attached hydrogens (primary N) is 2. The Morgan fingerprint density at radius 1 is 1.75 bits per heavy atom. The number of nitrogens with zero attached hydrogens (tertiary/aromatic N) is 4. The molecule has 0 aromatic heterocycles. The molecule has 0 unspecified atom stereocenters. The average molecular weight is 117 g/mol. The predicted molar refractivity (Wildman–Crippen MR) is 29.2 cm³/mol. The highest BCUT2D eigenvalue weighted by Crippen LogP contribution is 1.83. The summed E-state index contributed by atoms with van der Waals surface area (Å²) >= 11 is 0. The molecule has 0 aliphatic heterocycles. The van der Waals surface area contributed by atoms with Crippen LogP contribution in [0.25, 0.3) is 5.53 Å². The van der Waals surface area contributed by atoms with Gasteiger partial charge in [-0.2, -0.15) is 5.11 Å². The Bertz CT molecular complexity index is 68.9. The number of hydrogen-bond donors (Lipinski definition) is 2. The van der Waals surface area contributed by atoms with Crippen LogP contribution < -0.4 is 11.7 Å². The van der Waals surface area contributed by atoms with E-state index in [1.165, 1.54) is 5.01 Å². The van der Waals surface area contributed by atoms with Crippen molar-refractivity contribution in [2.45, 2.75) is 0 Å². The highest BCUT2D eigenvalue weighted by atomic mass is 15.6. The Labute approximate surface area is 47.5 Å². The molecule has 0 radical (unpaired) electrons. The Hall–Kier alpha value is -0.720. The van der Waals surface area contributed by atoms with E-state index in [-0.39, 0.29) is 0 Å². The third kappa shape index (κ3) is 3.47. The smallest absolute Gasteiger partial charge is 0.0984 e. The normalized spacial score (nSPS) is 11.4. The van der Waals surface area contributed by atoms with Crippen molar-refractivity contribution >= 4 is 0 Å². The molecule has 0 atom stereocenters. The fourth-order valence-corrected chi connectivity index (χ4v) is 0.165. The van der Waals surface area contributed by atoms with E-state index in [0.717, 1.165) is 0 Å². The van der Waals surface area contributed by atoms with Crippen LogP contribution in [0.4, 0.5) is 0 Å². The predicted octanol–water partition coefficient (Wildman–Crippen LogP) is -0.636. The van der Waals surface area contributed by atoms with Crippen LogP contribution >= 0.6 is 0 Å². The first-order valence-electron chi connectivity index (χ1n) is 2.00. The lowest BCUT2D eigenvalue weighted by molar-refractivity contribution is 0.419. The van der Waals surface area contributed by atoms with Gasteiger partial charge in [0.15, 0.2) is 0 Å². The monoisotopic (exact) mass is 117 g/mol. The minimum absolute atomic E-state index is 0.299. The van der Waals surface area contributed by atoms with Gasteiger partial charge in [-0.15, -0.1) is 0 Å². The Kier molecular flexibility index (Phi) is 4.04. The summed E-state index contributed by atoms with van der Waals surface area (Å²) in [6.45, 7) is 0.299. The molecule has 0 spiro atoms. The second kappa shape index (κ2) is 4.44. The summed E-state index contributed by atoms with van der Waals surface area (Å²) < 4.78 is 0. The second-order valence-electron chi connectivity index (χ2n) is 1.17. The zero-order valence-corrected chi connectivity index (χ0v) is 4.65. The summed E-state index contributed by atoms with van der Waals surface area (Å²) in [5, 5.41) is 7.79. The molecule has 6 nitrogen and oxygen atoms in total. The Balaban J connectivity index is 3.10. The van der Waals surface area contributed by atoms with E-state index < -0.39 is 0 Å². The molecule has 0 rings (SSSR count). The van der Waals surface area contributed by atoms with Gasteiger partial charge >= 0.3 is 0 Å². The van der Waals surface area contributed by atoms with Crippen LogP contribution in [0.3, 0.4) is 0 Å². The van der Waals surface area contributed by atoms with Crippen LogP contribution in [0.15, 0.2) is 10.3 Å². The lowest BCUT2D eigenvalue weighted by atomic mass is 11.0. The van der Waals surface area contributed by atoms with Crippen LogP contribution in [0.1, 0.15) is 0 Å². The highest BCUT2D eigenvalue weighted by molar-refractivity contribution is 4.55. The van der Waals surface area contributed by atoms with Gasteiger partial charge < -0.3 is 22.2 Å². The van der Waals surface area contributed by atoms with Gasteiger partial charge in [0.05, 0.1) is 6.67 Å². The molecule has 0 aliphatic rings. The SMILES string of the molecule is CN(CN=NN)[N-]N. The molecule has 0 amide bonds. The minimum atomic E-state index is 0.299. The van der Waals surface area contributed by atoms with Gasteiger partial charge in [0.1, 0.15) is 0 Å². The third-order valence-corrected chi connectivity index (χ3v) is 0.547. The Morgan fingerprint density at radius 3 is 2.75 bits per heavy atom. The van der Waals surface area contributed by atoms with Crippen molar-refractivity contribution in [3.05, 3.63) is 5.53 Å². The van der Waals surface area contributed by atoms with Gasteiger partial charge in [0.25, 0.3) is 0 Å². The molecule has 0 fully saturated rings. The Morgan fingerprint density at radius 2 is 2.38 bits per heavy atom. The summed E-state index contributed by atoms with van der Waals surface area (Å²) in [5.41, 5.74) is 3.25. The zero-order chi connectivity index (χ0) is 6.41. The molecule has 0 aliphatic carbocycles. The first kappa shape index (κ1) is 7.28. The number of rotatable bonds is 3. The summed E-state index contributed by atoms with van der Waals surface area (Å²) in [4.78, 5) is 0. The summed E-state index contributed by atoms with van der Waals surface area (Å²) in [7, 11) is 1.66. The topological polar surface area (TPSA) is 94.1 Å². The molecular weight excluding hydrogens is 108 g/mol. The maximum absolute atomic E-state index is 4.82. The maximum Gasteiger partial charge on any atom is 0.0984 e. The molecule has 0 heterocycles. The van der Waals surface area contributed by atoms with Gasteiger partial charge in [-0.25, -0.2) is 0 Å². The number of hydrogen-bond acceptors (Lipinski definition) is 4. The summed E-state index contributed by atoms with van der Waals surface area (Å²) in [5.74, 6) is 9.50. The van der Waals surface area contributed by atoms with Crippen LogP contribution in [0.2, 0.25) is 0 Å². The largest absolute Gasteiger partial charge is 0.531 e. The van der Waals surface area contributed by atoms with E-state index >= 15 is 0 Å². The molecule has 8 heavy (non-hydrogen) atoms. The van der Waals surface area contributed by atoms with Crippen LogP contribution in [0.5, 0.6) is 0 Å². The van der Waals surface area contributed by atoms with Crippen molar-refractivity contribution in [3.8, 4) is 0 Å². The lowest BCUT2D eigenvalue weighted by Crippen LogP contribution is -2.16. The quantitative estimate of drug-likeness (QED) is 0.292. The molecular formula is C2H9N6-. The fraction of sp³-hybridized carbons (Fsp3) is 1.00. The molecule has 6 heteroatoms. The molecule has 48 valence electrons. The van der Waals surface area contributed by atoms with E-state index in [4.69, 9.17) is 5.84 Å². The average Bonchev–Trinajstić information content (AvgIpc) is 1.83. The molecule has 0 aromatic rings. The first-order chi connectivity index (χ1) is 3.81. The molecule has 0 saturated carbocycles. The highest BCUT2D eigenvalue weighted by Gasteiger charge is 1.75. The molecule has 0 bridgehead atoms. The summed E-state index contributed by atoms with van der Waals surface area (Å²) in [6, 6.07) is 0. The molecule has 0 aromatic carbocycles. The molecule has 0 saturated heterocycles. The van der Waals surface area contributed by atoms with E-state index in [0.29, 0.717) is 6.67 Å². The van der Waals surface area contributed by atoms with Crippen molar-refractivity contribution < 1.29 is 0 Å². The van der Waals surface area contributed by atoms with E-state index in [2.05, 4.69) is 21.7 Å². The fourth-order valence-electron chi connectivity index (χ4n) is 0.165. The van der Waals surface area contributed by atoms with Crippen molar-refractivity contribution in [1.82, 2.24) is 5.01 Å². The molecule has 4 N–H and O–H groups in total. The van der Waals surface area contributed by atoms with Crippen molar-refractivity contribution in [3.63, 3.8) is 0 Å². The third-order valence-electron chi connectivity index (χ3n) is 0.547. The standard InChI is InChI=1S/C2H9N6/c1-8(7-4)2-5-6-3/h2,4H2,1H3,(H2,3,5)/q-1. The van der Waals surface area contributed by atoms with Crippen molar-refractivity contribution in [2.75, 3.05) is 13.7 Å². The van der Waals surface area contributed by atoms with E-state index in [9.17, 15) is 0 Å². The van der Waals surface area contributed by atoms with Crippen LogP contribution in [-0.4, -0.2) is 18.7 Å². The van der Waals surface area contributed by atoms with Gasteiger partial charge in [0.2, 0.25) is 0 Å². The van der Waals surface area contributed by atoms with E-state index in [1.54, 1.807) is 7.05 Å². The zero-order valence-electron chi connectivity index (χ0n) is 4.65. The van der Waals surface area contributed by atoms with Gasteiger partial charge in [-0.3, -0.25) is 0 Å². The maximum atomic E-state index is 4.82. The van der Waals surface area contributed by atoms with Gasteiger partial charge in [-0.1, -0.05) is 5.22 Å². The lowest BCUT2D eigenvalue weighted by Gasteiger charge is -2.25. The van der Waals surface area contributed by atoms with E-state index in [1.807, 2.05) is 0 Å². The van der Waals surface area contributed by atoms with Crippen LogP contribution in [-0.2, 0) is 0 Å². The van der Waals surface area contributed by atoms with Crippen molar-refractivity contribution in [1.29, 1.82) is 0 Å². The van der Waals surface area contributed by atoms with Crippen molar-refractivity contribution in [2.24, 2.45) is 22.0 Å².